The first-order valence-electron chi connectivity index (χ1n) is 6.86. The zero-order valence-electron chi connectivity index (χ0n) is 11.7. The van der Waals surface area contributed by atoms with Crippen molar-refractivity contribution in [1.82, 2.24) is 5.06 Å². The number of halogens is 2. The van der Waals surface area contributed by atoms with Gasteiger partial charge in [-0.3, -0.25) is 9.74 Å². The maximum Gasteiger partial charge on any atom is 0.348 e. The van der Waals surface area contributed by atoms with Crippen molar-refractivity contribution in [2.75, 3.05) is 18.1 Å². The van der Waals surface area contributed by atoms with Gasteiger partial charge in [0.2, 0.25) is 0 Å². The third-order valence-electron chi connectivity index (χ3n) is 3.39. The normalized spacial score (nSPS) is 15.3. The molecule has 114 valence electrons. The molecule has 0 aromatic heterocycles. The Morgan fingerprint density at radius 2 is 1.82 bits per heavy atom. The third-order valence-corrected chi connectivity index (χ3v) is 4.13. The van der Waals surface area contributed by atoms with E-state index in [2.05, 4.69) is 0 Å². The minimum absolute atomic E-state index is 0.214. The number of hydroxylamine groups is 2. The largest absolute Gasteiger partial charge is 0.348 e. The summed E-state index contributed by atoms with van der Waals surface area (Å²) in [5.41, 5.74) is 1.72. The van der Waals surface area contributed by atoms with E-state index < -0.39 is 0 Å². The Bertz CT molecular complexity index is 679. The Kier molecular flexibility index (Phi) is 4.52. The predicted octanol–water partition coefficient (Wildman–Crippen LogP) is 4.37. The van der Waals surface area contributed by atoms with E-state index in [0.717, 1.165) is 5.56 Å². The fraction of sp³-hybridized carbons (Fsp3) is 0.188. The van der Waals surface area contributed by atoms with Crippen LogP contribution in [0.15, 0.2) is 48.5 Å². The van der Waals surface area contributed by atoms with E-state index >= 15 is 0 Å². The zero-order chi connectivity index (χ0) is 15.5. The molecule has 1 aliphatic heterocycles. The summed E-state index contributed by atoms with van der Waals surface area (Å²) in [6.45, 7) is 1.30. The number of hydrogen-bond donors (Lipinski definition) is 0. The Labute approximate surface area is 138 Å². The number of nitrogens with zero attached hydrogens (tertiary/aromatic N) is 2. The first-order valence-corrected chi connectivity index (χ1v) is 7.61. The van der Waals surface area contributed by atoms with Crippen molar-refractivity contribution in [3.05, 3.63) is 64.1 Å². The lowest BCUT2D eigenvalue weighted by Crippen LogP contribution is -2.50. The summed E-state index contributed by atoms with van der Waals surface area (Å²) in [7, 11) is 0. The van der Waals surface area contributed by atoms with Gasteiger partial charge in [0, 0.05) is 5.69 Å². The third kappa shape index (κ3) is 3.19. The Hall–Kier alpha value is -1.75. The molecule has 0 atom stereocenters. The molecule has 2 amide bonds. The molecule has 1 heterocycles. The smallest absolute Gasteiger partial charge is 0.290 e. The van der Waals surface area contributed by atoms with Gasteiger partial charge in [-0.2, -0.15) is 5.06 Å². The predicted molar refractivity (Wildman–Crippen MR) is 87.1 cm³/mol. The molecule has 2 aromatic carbocycles. The summed E-state index contributed by atoms with van der Waals surface area (Å²) < 4.78 is 0. The molecule has 0 aliphatic carbocycles. The van der Waals surface area contributed by atoms with Gasteiger partial charge in [-0.25, -0.2) is 4.79 Å². The average molecular weight is 337 g/mol. The van der Waals surface area contributed by atoms with E-state index in [4.69, 9.17) is 28.0 Å². The van der Waals surface area contributed by atoms with Gasteiger partial charge in [0.05, 0.1) is 29.7 Å². The van der Waals surface area contributed by atoms with Crippen LogP contribution in [0.1, 0.15) is 5.56 Å². The lowest BCUT2D eigenvalue weighted by atomic mass is 10.2. The van der Waals surface area contributed by atoms with Gasteiger partial charge in [-0.1, -0.05) is 53.5 Å². The van der Waals surface area contributed by atoms with Crippen molar-refractivity contribution in [2.24, 2.45) is 0 Å². The van der Waals surface area contributed by atoms with Crippen LogP contribution in [-0.4, -0.2) is 24.2 Å². The minimum atomic E-state index is -0.214. The van der Waals surface area contributed by atoms with Gasteiger partial charge in [0.15, 0.2) is 0 Å². The Balaban J connectivity index is 1.79. The van der Waals surface area contributed by atoms with Crippen LogP contribution >= 0.6 is 23.2 Å². The highest BCUT2D eigenvalue weighted by Crippen LogP contribution is 2.28. The number of carbonyl (C=O) groups excluding carboxylic acids is 1. The van der Waals surface area contributed by atoms with Crippen LogP contribution in [0.3, 0.4) is 0 Å². The van der Waals surface area contributed by atoms with Crippen LogP contribution in [0.5, 0.6) is 0 Å². The molecule has 4 nitrogen and oxygen atoms in total. The molecule has 22 heavy (non-hydrogen) atoms. The monoisotopic (exact) mass is 336 g/mol. The Morgan fingerprint density at radius 1 is 1.05 bits per heavy atom. The first kappa shape index (κ1) is 15.2. The van der Waals surface area contributed by atoms with Crippen molar-refractivity contribution < 1.29 is 9.63 Å². The molecule has 1 saturated heterocycles. The average Bonchev–Trinajstić information content (AvgIpc) is 2.53. The molecule has 3 rings (SSSR count). The number of carbonyl (C=O) groups is 1. The number of hydrogen-bond acceptors (Lipinski definition) is 2. The molecule has 0 saturated carbocycles. The second-order valence-electron chi connectivity index (χ2n) is 4.89. The summed E-state index contributed by atoms with van der Waals surface area (Å²) in [4.78, 5) is 19.7. The van der Waals surface area contributed by atoms with Crippen molar-refractivity contribution in [3.63, 3.8) is 0 Å². The lowest BCUT2D eigenvalue weighted by Gasteiger charge is -2.34. The molecule has 0 radical (unpaired) electrons. The molecule has 1 fully saturated rings. The molecule has 2 aromatic rings. The SMILES string of the molecule is O=C1N(Cc2ccccc2)OCCN1c1ccc(Cl)c(Cl)c1. The second kappa shape index (κ2) is 6.57. The molecule has 0 spiro atoms. The second-order valence-corrected chi connectivity index (χ2v) is 5.70. The molecule has 0 unspecified atom stereocenters. The van der Waals surface area contributed by atoms with Gasteiger partial charge < -0.3 is 0 Å². The fourth-order valence-electron chi connectivity index (χ4n) is 2.28. The van der Waals surface area contributed by atoms with Crippen molar-refractivity contribution in [3.8, 4) is 0 Å². The molecule has 0 N–H and O–H groups in total. The van der Waals surface area contributed by atoms with Gasteiger partial charge in [0.25, 0.3) is 0 Å². The topological polar surface area (TPSA) is 32.8 Å². The van der Waals surface area contributed by atoms with E-state index in [-0.39, 0.29) is 6.03 Å². The van der Waals surface area contributed by atoms with Gasteiger partial charge in [-0.15, -0.1) is 0 Å². The maximum absolute atomic E-state index is 12.6. The summed E-state index contributed by atoms with van der Waals surface area (Å²) >= 11 is 12.0. The van der Waals surface area contributed by atoms with E-state index in [1.165, 1.54) is 5.06 Å². The molecular weight excluding hydrogens is 323 g/mol. The number of benzene rings is 2. The van der Waals surface area contributed by atoms with Gasteiger partial charge in [0.1, 0.15) is 0 Å². The number of anilines is 1. The molecule has 1 aliphatic rings. The summed E-state index contributed by atoms with van der Waals surface area (Å²) in [6.07, 6.45) is 0. The van der Waals surface area contributed by atoms with Crippen LogP contribution in [0.25, 0.3) is 0 Å². The highest BCUT2D eigenvalue weighted by Gasteiger charge is 2.28. The molecule has 0 bridgehead atoms. The number of rotatable bonds is 3. The lowest BCUT2D eigenvalue weighted by molar-refractivity contribution is -0.130. The maximum atomic E-state index is 12.6. The van der Waals surface area contributed by atoms with E-state index in [9.17, 15) is 4.79 Å². The van der Waals surface area contributed by atoms with Crippen molar-refractivity contribution in [1.29, 1.82) is 0 Å². The highest BCUT2D eigenvalue weighted by atomic mass is 35.5. The minimum Gasteiger partial charge on any atom is -0.290 e. The van der Waals surface area contributed by atoms with Crippen LogP contribution in [0.2, 0.25) is 10.0 Å². The van der Waals surface area contributed by atoms with E-state index in [1.807, 2.05) is 30.3 Å². The molecule has 6 heteroatoms. The van der Waals surface area contributed by atoms with Crippen molar-refractivity contribution >= 4 is 34.9 Å². The van der Waals surface area contributed by atoms with Crippen LogP contribution < -0.4 is 4.90 Å². The highest BCUT2D eigenvalue weighted by molar-refractivity contribution is 6.42. The van der Waals surface area contributed by atoms with Crippen LogP contribution in [0.4, 0.5) is 10.5 Å². The summed E-state index contributed by atoms with van der Waals surface area (Å²) in [5, 5.41) is 2.25. The van der Waals surface area contributed by atoms with E-state index in [0.29, 0.717) is 35.4 Å². The quantitative estimate of drug-likeness (QED) is 0.833. The first-order chi connectivity index (χ1) is 10.6. The summed E-state index contributed by atoms with van der Waals surface area (Å²) in [5.74, 6) is 0. The van der Waals surface area contributed by atoms with Crippen LogP contribution in [0, 0.1) is 0 Å². The number of amides is 2. The molecular formula is C16H14Cl2N2O2. The van der Waals surface area contributed by atoms with E-state index in [1.54, 1.807) is 23.1 Å². The van der Waals surface area contributed by atoms with Crippen LogP contribution in [-0.2, 0) is 11.4 Å². The van der Waals surface area contributed by atoms with Crippen molar-refractivity contribution in [2.45, 2.75) is 6.54 Å². The zero-order valence-corrected chi connectivity index (χ0v) is 13.2. The number of urea groups is 1. The van der Waals surface area contributed by atoms with Gasteiger partial charge >= 0.3 is 6.03 Å². The fourth-order valence-corrected chi connectivity index (χ4v) is 2.58. The standard InChI is InChI=1S/C16H14Cl2N2O2/c17-14-7-6-13(10-15(14)18)19-8-9-22-20(16(19)21)11-12-4-2-1-3-5-12/h1-7,10H,8-9,11H2. The Morgan fingerprint density at radius 3 is 2.55 bits per heavy atom. The van der Waals surface area contributed by atoms with Gasteiger partial charge in [-0.05, 0) is 23.8 Å². The summed E-state index contributed by atoms with van der Waals surface area (Å²) in [6, 6.07) is 14.6.